The molecule has 0 amide bonds. The Labute approximate surface area is 186 Å². The molecule has 1 unspecified atom stereocenters. The summed E-state index contributed by atoms with van der Waals surface area (Å²) in [6.45, 7) is 2.49. The number of nitro groups is 1. The van der Waals surface area contributed by atoms with Crippen LogP contribution in [0.2, 0.25) is 0 Å². The lowest BCUT2D eigenvalue weighted by atomic mass is 10.0. The van der Waals surface area contributed by atoms with E-state index in [9.17, 15) is 14.9 Å². The number of benzene rings is 2. The number of carbonyl (C=O) groups excluding carboxylic acids is 1. The molecule has 1 heterocycles. The van der Waals surface area contributed by atoms with E-state index in [4.69, 9.17) is 18.9 Å². The van der Waals surface area contributed by atoms with Crippen LogP contribution in [0.3, 0.4) is 0 Å². The highest BCUT2D eigenvalue weighted by molar-refractivity contribution is 5.75. The van der Waals surface area contributed by atoms with E-state index < -0.39 is 35.2 Å². The first-order valence-corrected chi connectivity index (χ1v) is 10.5. The fourth-order valence-corrected chi connectivity index (χ4v) is 3.35. The summed E-state index contributed by atoms with van der Waals surface area (Å²) in [5.74, 6) is -0.931. The van der Waals surface area contributed by atoms with Crippen LogP contribution in [0.5, 0.6) is 0 Å². The van der Waals surface area contributed by atoms with Gasteiger partial charge in [0.25, 0.3) is 0 Å². The van der Waals surface area contributed by atoms with Gasteiger partial charge in [-0.2, -0.15) is 0 Å². The standard InChI is InChI=1S/C24H27NO7/c1-2-30-24(26)23(25(27)28)21-14-13-20(31-16-19-11-7-4-8-12-19)22(32-21)17-29-15-18-9-5-3-6-10-18/h3-14,20-23H,2,15-17H2,1H3/t20-,21+,22+,23?/m0/s1. The lowest BCUT2D eigenvalue weighted by molar-refractivity contribution is -0.521. The van der Waals surface area contributed by atoms with Crippen LogP contribution in [0.15, 0.2) is 72.8 Å². The van der Waals surface area contributed by atoms with E-state index >= 15 is 0 Å². The summed E-state index contributed by atoms with van der Waals surface area (Å²) in [5.41, 5.74) is 1.98. The number of hydrogen-bond donors (Lipinski definition) is 0. The van der Waals surface area contributed by atoms with Crippen LogP contribution >= 0.6 is 0 Å². The Balaban J connectivity index is 1.70. The maximum absolute atomic E-state index is 12.1. The second kappa shape index (κ2) is 12.1. The molecule has 0 radical (unpaired) electrons. The zero-order valence-corrected chi connectivity index (χ0v) is 17.9. The molecule has 0 aliphatic carbocycles. The molecule has 0 saturated carbocycles. The molecule has 0 aromatic heterocycles. The van der Waals surface area contributed by atoms with Gasteiger partial charge in [0.1, 0.15) is 12.2 Å². The molecule has 1 aliphatic rings. The molecule has 2 aromatic carbocycles. The highest BCUT2D eigenvalue weighted by atomic mass is 16.6. The third-order valence-electron chi connectivity index (χ3n) is 4.93. The second-order valence-corrected chi connectivity index (χ2v) is 7.27. The highest BCUT2D eigenvalue weighted by Crippen LogP contribution is 2.22. The van der Waals surface area contributed by atoms with Gasteiger partial charge < -0.3 is 18.9 Å². The third kappa shape index (κ3) is 6.71. The number of ether oxygens (including phenoxy) is 4. The average molecular weight is 441 g/mol. The molecule has 3 rings (SSSR count). The molecule has 0 bridgehead atoms. The molecule has 170 valence electrons. The monoisotopic (exact) mass is 441 g/mol. The minimum Gasteiger partial charge on any atom is -0.461 e. The molecular weight excluding hydrogens is 414 g/mol. The van der Waals surface area contributed by atoms with E-state index in [0.29, 0.717) is 13.2 Å². The van der Waals surface area contributed by atoms with Gasteiger partial charge in [0, 0.05) is 4.92 Å². The predicted molar refractivity (Wildman–Crippen MR) is 116 cm³/mol. The summed E-state index contributed by atoms with van der Waals surface area (Å²) in [7, 11) is 0. The Morgan fingerprint density at radius 2 is 1.66 bits per heavy atom. The van der Waals surface area contributed by atoms with Gasteiger partial charge >= 0.3 is 12.0 Å². The maximum Gasteiger partial charge on any atom is 0.384 e. The number of esters is 1. The Hall–Kier alpha value is -3.07. The van der Waals surface area contributed by atoms with Crippen molar-refractivity contribution in [2.45, 2.75) is 44.5 Å². The summed E-state index contributed by atoms with van der Waals surface area (Å²) in [6.07, 6.45) is 0.994. The van der Waals surface area contributed by atoms with Crippen LogP contribution in [0.4, 0.5) is 0 Å². The highest BCUT2D eigenvalue weighted by Gasteiger charge is 2.44. The van der Waals surface area contributed by atoms with Gasteiger partial charge in [0.15, 0.2) is 6.10 Å². The van der Waals surface area contributed by atoms with E-state index in [1.54, 1.807) is 13.0 Å². The van der Waals surface area contributed by atoms with Crippen molar-refractivity contribution in [2.24, 2.45) is 0 Å². The fourth-order valence-electron chi connectivity index (χ4n) is 3.35. The Bertz CT molecular complexity index is 888. The van der Waals surface area contributed by atoms with Crippen molar-refractivity contribution in [3.63, 3.8) is 0 Å². The summed E-state index contributed by atoms with van der Waals surface area (Å²) in [4.78, 5) is 23.0. The van der Waals surface area contributed by atoms with Crippen LogP contribution in [0.1, 0.15) is 18.1 Å². The number of carbonyl (C=O) groups is 1. The molecule has 0 spiro atoms. The zero-order chi connectivity index (χ0) is 22.8. The summed E-state index contributed by atoms with van der Waals surface area (Å²) in [5, 5.41) is 11.5. The first-order chi connectivity index (χ1) is 15.6. The number of hydrogen-bond acceptors (Lipinski definition) is 7. The normalized spacial score (nSPS) is 21.1. The van der Waals surface area contributed by atoms with Crippen LogP contribution in [0, 0.1) is 10.1 Å². The molecule has 0 N–H and O–H groups in total. The van der Waals surface area contributed by atoms with Crippen molar-refractivity contribution >= 4 is 5.97 Å². The lowest BCUT2D eigenvalue weighted by Crippen LogP contribution is -2.49. The maximum atomic E-state index is 12.1. The van der Waals surface area contributed by atoms with Gasteiger partial charge in [-0.3, -0.25) is 10.1 Å². The van der Waals surface area contributed by atoms with Crippen LogP contribution in [0.25, 0.3) is 0 Å². The van der Waals surface area contributed by atoms with E-state index in [0.717, 1.165) is 11.1 Å². The van der Waals surface area contributed by atoms with Crippen LogP contribution in [-0.4, -0.2) is 48.5 Å². The third-order valence-corrected chi connectivity index (χ3v) is 4.93. The van der Waals surface area contributed by atoms with Gasteiger partial charge in [-0.25, -0.2) is 4.79 Å². The molecule has 32 heavy (non-hydrogen) atoms. The van der Waals surface area contributed by atoms with Crippen LogP contribution in [-0.2, 0) is 37.0 Å². The van der Waals surface area contributed by atoms with Crippen molar-refractivity contribution in [3.05, 3.63) is 94.1 Å². The smallest absolute Gasteiger partial charge is 0.384 e. The molecule has 1 aliphatic heterocycles. The van der Waals surface area contributed by atoms with E-state index in [-0.39, 0.29) is 13.2 Å². The molecular formula is C24H27NO7. The van der Waals surface area contributed by atoms with Gasteiger partial charge in [0.05, 0.1) is 26.4 Å². The Morgan fingerprint density at radius 1 is 1.03 bits per heavy atom. The largest absolute Gasteiger partial charge is 0.461 e. The first kappa shape index (κ1) is 23.6. The van der Waals surface area contributed by atoms with Crippen molar-refractivity contribution < 1.29 is 28.7 Å². The summed E-state index contributed by atoms with van der Waals surface area (Å²) in [6, 6.07) is 17.6. The van der Waals surface area contributed by atoms with Crippen molar-refractivity contribution in [3.8, 4) is 0 Å². The number of nitrogens with zero attached hydrogens (tertiary/aromatic N) is 1. The first-order valence-electron chi connectivity index (χ1n) is 10.5. The second-order valence-electron chi connectivity index (χ2n) is 7.27. The van der Waals surface area contributed by atoms with Gasteiger partial charge in [-0.1, -0.05) is 66.7 Å². The van der Waals surface area contributed by atoms with Gasteiger partial charge in [-0.05, 0) is 24.1 Å². The van der Waals surface area contributed by atoms with E-state index in [1.165, 1.54) is 6.08 Å². The average Bonchev–Trinajstić information content (AvgIpc) is 2.80. The van der Waals surface area contributed by atoms with Crippen molar-refractivity contribution in [1.29, 1.82) is 0 Å². The topological polar surface area (TPSA) is 97.1 Å². The zero-order valence-electron chi connectivity index (χ0n) is 17.9. The van der Waals surface area contributed by atoms with E-state index in [2.05, 4.69) is 0 Å². The van der Waals surface area contributed by atoms with E-state index in [1.807, 2.05) is 60.7 Å². The molecule has 0 fully saturated rings. The molecule has 8 heteroatoms. The number of rotatable bonds is 11. The minimum absolute atomic E-state index is 0.0477. The van der Waals surface area contributed by atoms with Gasteiger partial charge in [0.2, 0.25) is 0 Å². The van der Waals surface area contributed by atoms with Gasteiger partial charge in [-0.15, -0.1) is 0 Å². The molecule has 4 atom stereocenters. The van der Waals surface area contributed by atoms with Crippen LogP contribution < -0.4 is 0 Å². The molecule has 0 saturated heterocycles. The molecule has 8 nitrogen and oxygen atoms in total. The fraction of sp³-hybridized carbons (Fsp3) is 0.375. The SMILES string of the molecule is CCOC(=O)C([C@H]1C=C[C@H](OCc2ccccc2)[C@@H](COCc2ccccc2)O1)[N+](=O)[O-]. The Kier molecular flexibility index (Phi) is 8.91. The quantitative estimate of drug-likeness (QED) is 0.228. The lowest BCUT2D eigenvalue weighted by Gasteiger charge is -2.32. The van der Waals surface area contributed by atoms with Crippen molar-refractivity contribution in [1.82, 2.24) is 0 Å². The Morgan fingerprint density at radius 3 is 2.25 bits per heavy atom. The summed E-state index contributed by atoms with van der Waals surface area (Å²) < 4.78 is 22.6. The minimum atomic E-state index is -1.65. The predicted octanol–water partition coefficient (Wildman–Crippen LogP) is 3.32. The molecule has 2 aromatic rings. The summed E-state index contributed by atoms with van der Waals surface area (Å²) >= 11 is 0. The van der Waals surface area contributed by atoms with Crippen molar-refractivity contribution in [2.75, 3.05) is 13.2 Å².